The van der Waals surface area contributed by atoms with E-state index in [-0.39, 0.29) is 0 Å². The fraction of sp³-hybridized carbons (Fsp3) is 0. The third-order valence-corrected chi connectivity index (χ3v) is 4.38. The minimum absolute atomic E-state index is 0.556. The van der Waals surface area contributed by atoms with Gasteiger partial charge in [0.25, 0.3) is 0 Å². The lowest BCUT2D eigenvalue weighted by molar-refractivity contribution is 1.44. The molecule has 0 aliphatic heterocycles. The van der Waals surface area contributed by atoms with E-state index in [1.807, 2.05) is 18.2 Å². The van der Waals surface area contributed by atoms with Crippen LogP contribution in [0.2, 0.25) is 5.15 Å². The number of fused-ring (bicyclic) bond motifs is 5. The van der Waals surface area contributed by atoms with Crippen LogP contribution >= 0.6 is 27.5 Å². The molecule has 0 bridgehead atoms. The second-order valence-electron chi connectivity index (χ2n) is 4.77. The number of nitrogens with zero attached hydrogens (tertiary/aromatic N) is 1. The molecule has 96 valence electrons. The van der Waals surface area contributed by atoms with Gasteiger partial charge in [-0.1, -0.05) is 63.9 Å². The molecular formula is C17H9BrClN. The van der Waals surface area contributed by atoms with Gasteiger partial charge >= 0.3 is 0 Å². The molecule has 1 aromatic heterocycles. The van der Waals surface area contributed by atoms with Crippen LogP contribution in [0.1, 0.15) is 0 Å². The Hall–Kier alpha value is -1.64. The zero-order chi connectivity index (χ0) is 13.7. The van der Waals surface area contributed by atoms with Crippen molar-refractivity contribution in [3.63, 3.8) is 0 Å². The lowest BCUT2D eigenvalue weighted by atomic mass is 9.99. The Kier molecular flexibility index (Phi) is 2.69. The third-order valence-electron chi connectivity index (χ3n) is 3.60. The molecule has 1 heterocycles. The predicted octanol–water partition coefficient (Wildman–Crippen LogP) is 5.96. The van der Waals surface area contributed by atoms with Gasteiger partial charge < -0.3 is 0 Å². The molecule has 4 rings (SSSR count). The van der Waals surface area contributed by atoms with Crippen LogP contribution in [-0.4, -0.2) is 4.98 Å². The van der Waals surface area contributed by atoms with Crippen molar-refractivity contribution in [3.8, 4) is 0 Å². The Morgan fingerprint density at radius 1 is 0.850 bits per heavy atom. The van der Waals surface area contributed by atoms with Crippen molar-refractivity contribution in [3.05, 3.63) is 64.2 Å². The van der Waals surface area contributed by atoms with Crippen molar-refractivity contribution < 1.29 is 0 Å². The number of hydrogen-bond acceptors (Lipinski definition) is 1. The molecule has 0 spiro atoms. The number of hydrogen-bond donors (Lipinski definition) is 0. The highest BCUT2D eigenvalue weighted by Crippen LogP contribution is 2.35. The van der Waals surface area contributed by atoms with Gasteiger partial charge in [0.15, 0.2) is 0 Å². The summed E-state index contributed by atoms with van der Waals surface area (Å²) in [5.74, 6) is 0. The number of halogens is 2. The summed E-state index contributed by atoms with van der Waals surface area (Å²) in [5, 5.41) is 6.26. The lowest BCUT2D eigenvalue weighted by Crippen LogP contribution is -1.86. The average Bonchev–Trinajstić information content (AvgIpc) is 2.47. The molecule has 1 nitrogen and oxygen atoms in total. The topological polar surface area (TPSA) is 12.9 Å². The van der Waals surface area contributed by atoms with E-state index in [1.165, 1.54) is 16.2 Å². The first-order valence-corrected chi connectivity index (χ1v) is 7.47. The van der Waals surface area contributed by atoms with Gasteiger partial charge in [-0.25, -0.2) is 4.98 Å². The summed E-state index contributed by atoms with van der Waals surface area (Å²) in [5.41, 5.74) is 0.919. The first kappa shape index (κ1) is 12.1. The molecule has 0 atom stereocenters. The van der Waals surface area contributed by atoms with Crippen LogP contribution < -0.4 is 0 Å². The standard InChI is InChI=1S/C17H9BrClN/c18-11-6-8-15-14(9-11)16-12-4-2-1-3-10(12)5-7-13(16)17(19)20-15/h1-9H. The summed E-state index contributed by atoms with van der Waals surface area (Å²) in [6.07, 6.45) is 0. The minimum atomic E-state index is 0.556. The molecule has 0 saturated heterocycles. The fourth-order valence-electron chi connectivity index (χ4n) is 2.71. The quantitative estimate of drug-likeness (QED) is 0.284. The molecule has 3 aromatic carbocycles. The SMILES string of the molecule is Clc1nc2ccc(Br)cc2c2c1ccc1ccccc12. The summed E-state index contributed by atoms with van der Waals surface area (Å²) in [6, 6.07) is 18.6. The van der Waals surface area contributed by atoms with Crippen LogP contribution in [0.15, 0.2) is 59.1 Å². The maximum Gasteiger partial charge on any atom is 0.137 e. The van der Waals surface area contributed by atoms with E-state index < -0.39 is 0 Å². The van der Waals surface area contributed by atoms with E-state index >= 15 is 0 Å². The van der Waals surface area contributed by atoms with Crippen molar-refractivity contribution in [2.75, 3.05) is 0 Å². The van der Waals surface area contributed by atoms with E-state index in [1.54, 1.807) is 0 Å². The molecule has 0 N–H and O–H groups in total. The highest BCUT2D eigenvalue weighted by Gasteiger charge is 2.10. The van der Waals surface area contributed by atoms with E-state index in [4.69, 9.17) is 11.6 Å². The maximum atomic E-state index is 6.35. The van der Waals surface area contributed by atoms with Gasteiger partial charge in [0.2, 0.25) is 0 Å². The zero-order valence-corrected chi connectivity index (χ0v) is 12.7. The van der Waals surface area contributed by atoms with Crippen molar-refractivity contribution >= 4 is 60.0 Å². The van der Waals surface area contributed by atoms with Crippen LogP contribution in [0.4, 0.5) is 0 Å². The molecular weight excluding hydrogens is 334 g/mol. The second-order valence-corrected chi connectivity index (χ2v) is 6.05. The van der Waals surface area contributed by atoms with E-state index in [2.05, 4.69) is 57.3 Å². The average molecular weight is 343 g/mol. The first-order chi connectivity index (χ1) is 9.74. The van der Waals surface area contributed by atoms with Crippen LogP contribution in [0.25, 0.3) is 32.4 Å². The second kappa shape index (κ2) is 4.44. The molecule has 4 aromatic rings. The van der Waals surface area contributed by atoms with Crippen LogP contribution in [0.5, 0.6) is 0 Å². The molecule has 3 heteroatoms. The lowest BCUT2D eigenvalue weighted by Gasteiger charge is -2.09. The molecule has 0 saturated carbocycles. The molecule has 0 unspecified atom stereocenters. The van der Waals surface area contributed by atoms with Crippen LogP contribution in [0, 0.1) is 0 Å². The van der Waals surface area contributed by atoms with Gasteiger partial charge in [-0.05, 0) is 29.0 Å². The summed E-state index contributed by atoms with van der Waals surface area (Å²) < 4.78 is 1.04. The van der Waals surface area contributed by atoms with Gasteiger partial charge in [-0.2, -0.15) is 0 Å². The van der Waals surface area contributed by atoms with Crippen LogP contribution in [0.3, 0.4) is 0 Å². The minimum Gasteiger partial charge on any atom is -0.235 e. The molecule has 0 aliphatic rings. The van der Waals surface area contributed by atoms with E-state index in [0.29, 0.717) is 5.15 Å². The first-order valence-electron chi connectivity index (χ1n) is 6.30. The smallest absolute Gasteiger partial charge is 0.137 e. The molecule has 0 fully saturated rings. The van der Waals surface area contributed by atoms with E-state index in [9.17, 15) is 0 Å². The summed E-state index contributed by atoms with van der Waals surface area (Å²) >= 11 is 9.89. The van der Waals surface area contributed by atoms with Crippen molar-refractivity contribution in [2.45, 2.75) is 0 Å². The van der Waals surface area contributed by atoms with Crippen molar-refractivity contribution in [2.24, 2.45) is 0 Å². The fourth-order valence-corrected chi connectivity index (χ4v) is 3.32. The zero-order valence-electron chi connectivity index (χ0n) is 10.4. The van der Waals surface area contributed by atoms with Crippen LogP contribution in [-0.2, 0) is 0 Å². The monoisotopic (exact) mass is 341 g/mol. The normalized spacial score (nSPS) is 11.5. The third kappa shape index (κ3) is 1.72. The Morgan fingerprint density at radius 3 is 2.60 bits per heavy atom. The largest absolute Gasteiger partial charge is 0.235 e. The Bertz CT molecular complexity index is 979. The number of rotatable bonds is 0. The Morgan fingerprint density at radius 2 is 1.70 bits per heavy atom. The summed E-state index contributed by atoms with van der Waals surface area (Å²) in [4.78, 5) is 4.50. The predicted molar refractivity (Wildman–Crippen MR) is 89.5 cm³/mol. The van der Waals surface area contributed by atoms with Gasteiger partial charge in [0.1, 0.15) is 5.15 Å². The maximum absolute atomic E-state index is 6.35. The molecule has 0 radical (unpaired) electrons. The number of benzene rings is 3. The number of pyridine rings is 1. The van der Waals surface area contributed by atoms with Gasteiger partial charge in [-0.3, -0.25) is 0 Å². The Balaban J connectivity index is 2.39. The highest BCUT2D eigenvalue weighted by molar-refractivity contribution is 9.10. The summed E-state index contributed by atoms with van der Waals surface area (Å²) in [7, 11) is 0. The van der Waals surface area contributed by atoms with Gasteiger partial charge in [0.05, 0.1) is 5.52 Å². The highest BCUT2D eigenvalue weighted by atomic mass is 79.9. The van der Waals surface area contributed by atoms with E-state index in [0.717, 1.165) is 20.8 Å². The van der Waals surface area contributed by atoms with Gasteiger partial charge in [-0.15, -0.1) is 0 Å². The Labute approximate surface area is 129 Å². The van der Waals surface area contributed by atoms with Gasteiger partial charge in [0, 0.05) is 20.6 Å². The van der Waals surface area contributed by atoms with Crippen molar-refractivity contribution in [1.82, 2.24) is 4.98 Å². The van der Waals surface area contributed by atoms with Crippen molar-refractivity contribution in [1.29, 1.82) is 0 Å². The number of aromatic nitrogens is 1. The molecule has 0 aliphatic carbocycles. The molecule has 20 heavy (non-hydrogen) atoms. The summed E-state index contributed by atoms with van der Waals surface area (Å²) in [6.45, 7) is 0. The molecule has 0 amide bonds.